The van der Waals surface area contributed by atoms with Crippen molar-refractivity contribution in [1.29, 1.82) is 0 Å². The van der Waals surface area contributed by atoms with Crippen LogP contribution in [-0.2, 0) is 15.9 Å². The number of ether oxygens (including phenoxy) is 3. The minimum Gasteiger partial charge on any atom is -0.490 e. The van der Waals surface area contributed by atoms with E-state index in [1.807, 2.05) is 0 Å². The molecule has 1 saturated carbocycles. The number of methoxy groups -OCH3 is 1. The molecule has 0 aromatic heterocycles. The highest BCUT2D eigenvalue weighted by Crippen LogP contribution is 2.33. The molecule has 5 atom stereocenters. The summed E-state index contributed by atoms with van der Waals surface area (Å²) in [5.41, 5.74) is 4.77. The molecule has 2 aliphatic rings. The Morgan fingerprint density at radius 2 is 1.77 bits per heavy atom. The lowest BCUT2D eigenvalue weighted by Gasteiger charge is -2.32. The van der Waals surface area contributed by atoms with Crippen molar-refractivity contribution in [3.05, 3.63) is 64.7 Å². The Labute approximate surface area is 185 Å². The first-order valence-electron chi connectivity index (χ1n) is 11.4. The highest BCUT2D eigenvalue weighted by Gasteiger charge is 2.29. The lowest BCUT2D eigenvalue weighted by molar-refractivity contribution is -0.113. The molecule has 0 spiro atoms. The highest BCUT2D eigenvalue weighted by molar-refractivity contribution is 5.38. The Morgan fingerprint density at radius 1 is 1.00 bits per heavy atom. The standard InChI is InChI=1S/C26H34O5/c1-17-3-6-19(26-14-21(28)13-25(16-27)31-26)12-20(17)11-18-4-7-22(8-5-18)30-24-10-9-23(15-24)29-2/h3-8,12,21,23-28H,9-11,13-16H2,1-2H3/t21?,23?,24?,25-,26+/m0/s1. The monoisotopic (exact) mass is 426 g/mol. The van der Waals surface area contributed by atoms with Crippen LogP contribution in [0.5, 0.6) is 5.75 Å². The molecular formula is C26H34O5. The molecule has 1 aliphatic heterocycles. The second-order valence-corrected chi connectivity index (χ2v) is 8.97. The van der Waals surface area contributed by atoms with Gasteiger partial charge in [-0.3, -0.25) is 0 Å². The normalized spacial score (nSPS) is 28.6. The lowest BCUT2D eigenvalue weighted by atomic mass is 9.92. The zero-order valence-corrected chi connectivity index (χ0v) is 18.5. The minimum atomic E-state index is -0.438. The minimum absolute atomic E-state index is 0.0618. The van der Waals surface area contributed by atoms with Crippen molar-refractivity contribution in [1.82, 2.24) is 0 Å². The molecule has 168 valence electrons. The molecule has 31 heavy (non-hydrogen) atoms. The summed E-state index contributed by atoms with van der Waals surface area (Å²) in [6.45, 7) is 2.06. The second-order valence-electron chi connectivity index (χ2n) is 8.97. The quantitative estimate of drug-likeness (QED) is 0.698. The molecule has 1 aliphatic carbocycles. The van der Waals surface area contributed by atoms with Gasteiger partial charge >= 0.3 is 0 Å². The maximum Gasteiger partial charge on any atom is 0.119 e. The third kappa shape index (κ3) is 5.66. The SMILES string of the molecule is COC1CCC(Oc2ccc(Cc3cc([C@H]4CC(O)C[C@@H](CO)O4)ccc3C)cc2)C1. The van der Waals surface area contributed by atoms with Gasteiger partial charge in [0.05, 0.1) is 31.0 Å². The van der Waals surface area contributed by atoms with Crippen molar-refractivity contribution in [2.45, 2.75) is 76.0 Å². The maximum absolute atomic E-state index is 10.1. The third-order valence-corrected chi connectivity index (χ3v) is 6.62. The van der Waals surface area contributed by atoms with E-state index in [1.165, 1.54) is 16.7 Å². The second kappa shape index (κ2) is 10.1. The molecule has 2 N–H and O–H groups in total. The highest BCUT2D eigenvalue weighted by atomic mass is 16.5. The number of hydrogen-bond donors (Lipinski definition) is 2. The number of aryl methyl sites for hydroxylation is 1. The summed E-state index contributed by atoms with van der Waals surface area (Å²) in [5.74, 6) is 0.913. The van der Waals surface area contributed by atoms with E-state index in [-0.39, 0.29) is 24.9 Å². The van der Waals surface area contributed by atoms with Crippen LogP contribution in [0.3, 0.4) is 0 Å². The molecule has 5 heteroatoms. The van der Waals surface area contributed by atoms with Crippen molar-refractivity contribution < 1.29 is 24.4 Å². The molecule has 1 heterocycles. The van der Waals surface area contributed by atoms with Crippen molar-refractivity contribution in [3.8, 4) is 5.75 Å². The zero-order valence-electron chi connectivity index (χ0n) is 18.5. The van der Waals surface area contributed by atoms with Crippen LogP contribution in [0.2, 0.25) is 0 Å². The van der Waals surface area contributed by atoms with Gasteiger partial charge < -0.3 is 24.4 Å². The average molecular weight is 427 g/mol. The van der Waals surface area contributed by atoms with Crippen molar-refractivity contribution in [2.75, 3.05) is 13.7 Å². The number of rotatable bonds is 7. The first-order chi connectivity index (χ1) is 15.0. The fourth-order valence-electron chi connectivity index (χ4n) is 4.72. The predicted molar refractivity (Wildman–Crippen MR) is 119 cm³/mol. The predicted octanol–water partition coefficient (Wildman–Crippen LogP) is 4.11. The Morgan fingerprint density at radius 3 is 2.48 bits per heavy atom. The number of aliphatic hydroxyl groups is 2. The van der Waals surface area contributed by atoms with Crippen LogP contribution in [0.1, 0.15) is 60.5 Å². The fourth-order valence-corrected chi connectivity index (χ4v) is 4.72. The summed E-state index contributed by atoms with van der Waals surface area (Å²) >= 11 is 0. The van der Waals surface area contributed by atoms with Crippen LogP contribution in [0.25, 0.3) is 0 Å². The van der Waals surface area contributed by atoms with E-state index in [0.29, 0.717) is 18.9 Å². The van der Waals surface area contributed by atoms with E-state index in [0.717, 1.165) is 37.0 Å². The molecule has 1 saturated heterocycles. The summed E-state index contributed by atoms with van der Waals surface area (Å²) in [6, 6.07) is 14.7. The summed E-state index contributed by atoms with van der Waals surface area (Å²) in [5, 5.41) is 19.6. The fraction of sp³-hybridized carbons (Fsp3) is 0.538. The van der Waals surface area contributed by atoms with E-state index < -0.39 is 6.10 Å². The Bertz CT molecular complexity index is 849. The van der Waals surface area contributed by atoms with Gasteiger partial charge in [-0.2, -0.15) is 0 Å². The van der Waals surface area contributed by atoms with Gasteiger partial charge in [0.1, 0.15) is 11.9 Å². The molecule has 0 radical (unpaired) electrons. The van der Waals surface area contributed by atoms with Gasteiger partial charge in [0, 0.05) is 26.4 Å². The molecule has 4 rings (SSSR count). The summed E-state index contributed by atoms with van der Waals surface area (Å²) in [4.78, 5) is 0. The van der Waals surface area contributed by atoms with E-state index in [2.05, 4.69) is 49.4 Å². The topological polar surface area (TPSA) is 68.2 Å². The van der Waals surface area contributed by atoms with Crippen LogP contribution in [-0.4, -0.2) is 48.3 Å². The number of benzene rings is 2. The van der Waals surface area contributed by atoms with E-state index in [4.69, 9.17) is 14.2 Å². The summed E-state index contributed by atoms with van der Waals surface area (Å²) in [6.07, 6.45) is 4.59. The van der Waals surface area contributed by atoms with Crippen LogP contribution >= 0.6 is 0 Å². The van der Waals surface area contributed by atoms with Gasteiger partial charge in [-0.05, 0) is 60.6 Å². The largest absolute Gasteiger partial charge is 0.490 e. The van der Waals surface area contributed by atoms with Gasteiger partial charge in [-0.15, -0.1) is 0 Å². The van der Waals surface area contributed by atoms with Crippen LogP contribution in [0.15, 0.2) is 42.5 Å². The van der Waals surface area contributed by atoms with Crippen molar-refractivity contribution in [2.24, 2.45) is 0 Å². The Kier molecular flexibility index (Phi) is 7.28. The molecule has 3 unspecified atom stereocenters. The van der Waals surface area contributed by atoms with Crippen LogP contribution < -0.4 is 4.74 Å². The first-order valence-corrected chi connectivity index (χ1v) is 11.4. The van der Waals surface area contributed by atoms with Gasteiger partial charge in [-0.1, -0.05) is 30.3 Å². The summed E-state index contributed by atoms with van der Waals surface area (Å²) in [7, 11) is 1.77. The lowest BCUT2D eigenvalue weighted by Crippen LogP contribution is -2.33. The van der Waals surface area contributed by atoms with Gasteiger partial charge in [0.15, 0.2) is 0 Å². The Balaban J connectivity index is 1.41. The molecule has 0 bridgehead atoms. The van der Waals surface area contributed by atoms with Crippen molar-refractivity contribution in [3.63, 3.8) is 0 Å². The number of aliphatic hydroxyl groups excluding tert-OH is 2. The molecule has 2 aromatic carbocycles. The van der Waals surface area contributed by atoms with E-state index >= 15 is 0 Å². The van der Waals surface area contributed by atoms with E-state index in [1.54, 1.807) is 7.11 Å². The first kappa shape index (κ1) is 22.3. The Hall–Kier alpha value is -1.92. The molecule has 2 aromatic rings. The van der Waals surface area contributed by atoms with Gasteiger partial charge in [-0.25, -0.2) is 0 Å². The molecule has 5 nitrogen and oxygen atoms in total. The van der Waals surface area contributed by atoms with Crippen LogP contribution in [0, 0.1) is 6.92 Å². The number of hydrogen-bond acceptors (Lipinski definition) is 5. The molecule has 0 amide bonds. The molecular weight excluding hydrogens is 392 g/mol. The molecule has 2 fully saturated rings. The van der Waals surface area contributed by atoms with Gasteiger partial charge in [0.2, 0.25) is 0 Å². The maximum atomic E-state index is 10.1. The average Bonchev–Trinajstić information content (AvgIpc) is 3.23. The van der Waals surface area contributed by atoms with E-state index in [9.17, 15) is 10.2 Å². The zero-order chi connectivity index (χ0) is 21.8. The third-order valence-electron chi connectivity index (χ3n) is 6.62. The summed E-state index contributed by atoms with van der Waals surface area (Å²) < 4.78 is 17.6. The van der Waals surface area contributed by atoms with Crippen LogP contribution in [0.4, 0.5) is 0 Å². The van der Waals surface area contributed by atoms with Crippen molar-refractivity contribution >= 4 is 0 Å². The van der Waals surface area contributed by atoms with Gasteiger partial charge in [0.25, 0.3) is 0 Å². The smallest absolute Gasteiger partial charge is 0.119 e.